The number of halogens is 1. The molecular weight excluding hydrogens is 276 g/mol. The Morgan fingerprint density at radius 3 is 2.71 bits per heavy atom. The van der Waals surface area contributed by atoms with E-state index >= 15 is 0 Å². The predicted molar refractivity (Wildman–Crippen MR) is 73.3 cm³/mol. The molecule has 0 fully saturated rings. The van der Waals surface area contributed by atoms with Gasteiger partial charge in [0.1, 0.15) is 0 Å². The molecule has 1 unspecified atom stereocenters. The van der Waals surface area contributed by atoms with Gasteiger partial charge in [-0.15, -0.1) is 0 Å². The Bertz CT molecular complexity index is 528. The molecule has 88 valence electrons. The van der Waals surface area contributed by atoms with Gasteiger partial charge in [0, 0.05) is 28.1 Å². The first-order chi connectivity index (χ1) is 8.25. The highest BCUT2D eigenvalue weighted by Gasteiger charge is 2.20. The maximum Gasteiger partial charge on any atom is 0.0453 e. The Morgan fingerprint density at radius 1 is 1.18 bits per heavy atom. The van der Waals surface area contributed by atoms with Crippen molar-refractivity contribution in [1.82, 2.24) is 4.57 Å². The van der Waals surface area contributed by atoms with E-state index in [9.17, 15) is 0 Å². The number of benzene rings is 1. The molecule has 0 spiro atoms. The van der Waals surface area contributed by atoms with Crippen LogP contribution in [0.2, 0.25) is 0 Å². The van der Waals surface area contributed by atoms with Crippen LogP contribution < -0.4 is 5.73 Å². The van der Waals surface area contributed by atoms with Gasteiger partial charge in [0.2, 0.25) is 0 Å². The molecule has 0 saturated carbocycles. The van der Waals surface area contributed by atoms with Crippen LogP contribution in [0.1, 0.15) is 30.1 Å². The lowest BCUT2D eigenvalue weighted by atomic mass is 9.93. The molecule has 3 heteroatoms. The fraction of sp³-hybridized carbons (Fsp3) is 0.286. The summed E-state index contributed by atoms with van der Waals surface area (Å²) in [4.78, 5) is 0. The molecule has 0 saturated heterocycles. The second kappa shape index (κ2) is 4.31. The van der Waals surface area contributed by atoms with Crippen LogP contribution in [0, 0.1) is 0 Å². The molecule has 1 aliphatic carbocycles. The molecule has 0 bridgehead atoms. The zero-order chi connectivity index (χ0) is 11.8. The van der Waals surface area contributed by atoms with Gasteiger partial charge < -0.3 is 10.3 Å². The van der Waals surface area contributed by atoms with Crippen LogP contribution in [-0.4, -0.2) is 4.57 Å². The molecule has 17 heavy (non-hydrogen) atoms. The smallest absolute Gasteiger partial charge is 0.0453 e. The Morgan fingerprint density at radius 2 is 1.94 bits per heavy atom. The molecule has 1 atom stereocenters. The second-order valence-corrected chi connectivity index (χ2v) is 5.48. The van der Waals surface area contributed by atoms with E-state index in [0.29, 0.717) is 0 Å². The zero-order valence-electron chi connectivity index (χ0n) is 9.57. The van der Waals surface area contributed by atoms with Gasteiger partial charge in [-0.25, -0.2) is 0 Å². The quantitative estimate of drug-likeness (QED) is 0.855. The van der Waals surface area contributed by atoms with Crippen LogP contribution in [0.15, 0.2) is 41.0 Å². The van der Waals surface area contributed by atoms with Crippen LogP contribution in [0.4, 0.5) is 0 Å². The van der Waals surface area contributed by atoms with Gasteiger partial charge in [-0.2, -0.15) is 0 Å². The van der Waals surface area contributed by atoms with Gasteiger partial charge in [-0.3, -0.25) is 0 Å². The summed E-state index contributed by atoms with van der Waals surface area (Å²) in [6.45, 7) is 0. The van der Waals surface area contributed by atoms with Gasteiger partial charge in [-0.05, 0) is 55.2 Å². The highest BCUT2D eigenvalue weighted by Crippen LogP contribution is 2.30. The molecule has 2 nitrogen and oxygen atoms in total. The number of nitrogens with two attached hydrogens (primary N) is 1. The fourth-order valence-corrected chi connectivity index (χ4v) is 2.84. The van der Waals surface area contributed by atoms with E-state index in [1.54, 1.807) is 0 Å². The van der Waals surface area contributed by atoms with Crippen molar-refractivity contribution in [3.05, 3.63) is 52.3 Å². The van der Waals surface area contributed by atoms with E-state index in [4.69, 9.17) is 5.73 Å². The highest BCUT2D eigenvalue weighted by molar-refractivity contribution is 9.10. The van der Waals surface area contributed by atoms with E-state index in [2.05, 4.69) is 57.0 Å². The molecular formula is C14H15BrN2. The molecule has 2 aromatic rings. The minimum absolute atomic E-state index is 0.218. The Hall–Kier alpha value is -1.06. The van der Waals surface area contributed by atoms with E-state index < -0.39 is 0 Å². The second-order valence-electron chi connectivity index (χ2n) is 4.56. The molecule has 2 N–H and O–H groups in total. The fourth-order valence-electron chi connectivity index (χ4n) is 2.57. The van der Waals surface area contributed by atoms with Crippen LogP contribution in [0.5, 0.6) is 0 Å². The molecule has 0 aliphatic heterocycles. The Labute approximate surface area is 110 Å². The number of aromatic nitrogens is 1. The normalized spacial score (nSPS) is 19.1. The van der Waals surface area contributed by atoms with Crippen LogP contribution in [0.3, 0.4) is 0 Å². The van der Waals surface area contributed by atoms with E-state index in [-0.39, 0.29) is 6.04 Å². The number of fused-ring (bicyclic) bond motifs is 1. The number of hydrogen-bond acceptors (Lipinski definition) is 1. The molecule has 3 rings (SSSR count). The number of nitrogens with zero attached hydrogens (tertiary/aromatic N) is 1. The largest absolute Gasteiger partial charge is 0.324 e. The van der Waals surface area contributed by atoms with Crippen molar-refractivity contribution < 1.29 is 0 Å². The van der Waals surface area contributed by atoms with Gasteiger partial charge in [0.15, 0.2) is 0 Å². The summed E-state index contributed by atoms with van der Waals surface area (Å²) in [5, 5.41) is 0. The van der Waals surface area contributed by atoms with Crippen molar-refractivity contribution in [3.8, 4) is 5.69 Å². The average molecular weight is 291 g/mol. The third-order valence-corrected chi connectivity index (χ3v) is 3.99. The summed E-state index contributed by atoms with van der Waals surface area (Å²) in [7, 11) is 0. The average Bonchev–Trinajstić information content (AvgIpc) is 2.75. The van der Waals surface area contributed by atoms with Gasteiger partial charge in [0.25, 0.3) is 0 Å². The van der Waals surface area contributed by atoms with E-state index in [0.717, 1.165) is 17.3 Å². The van der Waals surface area contributed by atoms with Gasteiger partial charge >= 0.3 is 0 Å². The minimum Gasteiger partial charge on any atom is -0.324 e. The van der Waals surface area contributed by atoms with Crippen LogP contribution >= 0.6 is 15.9 Å². The first kappa shape index (κ1) is 11.1. The molecule has 1 aromatic carbocycles. The molecule has 1 aliphatic rings. The lowest BCUT2D eigenvalue weighted by molar-refractivity contribution is 0.560. The summed E-state index contributed by atoms with van der Waals surface area (Å²) in [6.07, 6.45) is 5.57. The van der Waals surface area contributed by atoms with Crippen molar-refractivity contribution in [2.45, 2.75) is 25.3 Å². The highest BCUT2D eigenvalue weighted by atomic mass is 79.9. The third kappa shape index (κ3) is 1.94. The summed E-state index contributed by atoms with van der Waals surface area (Å²) in [5.41, 5.74) is 10.1. The first-order valence-electron chi connectivity index (χ1n) is 5.97. The SMILES string of the molecule is NC1CCCc2c1ccn2-c1ccc(Br)cc1. The van der Waals surface area contributed by atoms with Crippen LogP contribution in [0.25, 0.3) is 5.69 Å². The van der Waals surface area contributed by atoms with E-state index in [1.807, 2.05) is 0 Å². The monoisotopic (exact) mass is 290 g/mol. The predicted octanol–water partition coefficient (Wildman–Crippen LogP) is 3.58. The van der Waals surface area contributed by atoms with Crippen molar-refractivity contribution >= 4 is 15.9 Å². The van der Waals surface area contributed by atoms with E-state index in [1.165, 1.54) is 23.4 Å². The van der Waals surface area contributed by atoms with Crippen molar-refractivity contribution in [2.75, 3.05) is 0 Å². The van der Waals surface area contributed by atoms with Crippen molar-refractivity contribution in [3.63, 3.8) is 0 Å². The summed E-state index contributed by atoms with van der Waals surface area (Å²) in [5.74, 6) is 0. The summed E-state index contributed by atoms with van der Waals surface area (Å²) >= 11 is 3.46. The van der Waals surface area contributed by atoms with Crippen LogP contribution in [-0.2, 0) is 6.42 Å². The van der Waals surface area contributed by atoms with Crippen molar-refractivity contribution in [2.24, 2.45) is 5.73 Å². The maximum absolute atomic E-state index is 6.14. The third-order valence-electron chi connectivity index (χ3n) is 3.46. The zero-order valence-corrected chi connectivity index (χ0v) is 11.2. The Balaban J connectivity index is 2.07. The topological polar surface area (TPSA) is 30.9 Å². The van der Waals surface area contributed by atoms with Gasteiger partial charge in [0.05, 0.1) is 0 Å². The summed E-state index contributed by atoms with van der Waals surface area (Å²) in [6, 6.07) is 10.8. The standard InChI is InChI=1S/C14H15BrN2/c15-10-4-6-11(7-5-10)17-9-8-12-13(16)2-1-3-14(12)17/h4-9,13H,1-3,16H2. The molecule has 0 amide bonds. The molecule has 1 heterocycles. The number of hydrogen-bond donors (Lipinski definition) is 1. The lowest BCUT2D eigenvalue weighted by Gasteiger charge is -2.21. The number of rotatable bonds is 1. The summed E-state index contributed by atoms with van der Waals surface area (Å²) < 4.78 is 3.37. The Kier molecular flexibility index (Phi) is 2.81. The minimum atomic E-state index is 0.218. The lowest BCUT2D eigenvalue weighted by Crippen LogP contribution is -2.17. The van der Waals surface area contributed by atoms with Gasteiger partial charge in [-0.1, -0.05) is 15.9 Å². The first-order valence-corrected chi connectivity index (χ1v) is 6.76. The van der Waals surface area contributed by atoms with Crippen molar-refractivity contribution in [1.29, 1.82) is 0 Å². The maximum atomic E-state index is 6.14. The molecule has 0 radical (unpaired) electrons. The molecule has 1 aromatic heterocycles.